The van der Waals surface area contributed by atoms with Gasteiger partial charge in [0.1, 0.15) is 5.78 Å². The van der Waals surface area contributed by atoms with E-state index in [0.29, 0.717) is 41.3 Å². The molecule has 0 aliphatic heterocycles. The molecule has 4 aliphatic rings. The Morgan fingerprint density at radius 2 is 1.68 bits per heavy atom. The summed E-state index contributed by atoms with van der Waals surface area (Å²) in [4.78, 5) is 15.2. The average molecular weight is 446 g/mol. The molecular formula is C27H40ClNO2. The molecule has 4 saturated carbocycles. The molecule has 0 bridgehead atoms. The first-order valence-corrected chi connectivity index (χ1v) is 12.2. The topological polar surface area (TPSA) is 40.5 Å². The first-order valence-electron chi connectivity index (χ1n) is 12.2. The van der Waals surface area contributed by atoms with E-state index in [4.69, 9.17) is 0 Å². The number of anilines is 1. The average Bonchev–Trinajstić information content (AvgIpc) is 3.01. The van der Waals surface area contributed by atoms with Crippen molar-refractivity contribution >= 4 is 23.9 Å². The van der Waals surface area contributed by atoms with Gasteiger partial charge in [-0.3, -0.25) is 4.79 Å². The molecular weight excluding hydrogens is 406 g/mol. The number of hydrogen-bond acceptors (Lipinski definition) is 3. The summed E-state index contributed by atoms with van der Waals surface area (Å²) in [6.45, 7) is 4.34. The van der Waals surface area contributed by atoms with Crippen molar-refractivity contribution < 1.29 is 9.90 Å². The van der Waals surface area contributed by atoms with Crippen LogP contribution in [0.1, 0.15) is 76.7 Å². The van der Waals surface area contributed by atoms with Crippen LogP contribution >= 0.6 is 12.4 Å². The molecule has 4 aliphatic carbocycles. The molecule has 172 valence electrons. The van der Waals surface area contributed by atoms with Crippen LogP contribution in [-0.4, -0.2) is 30.6 Å². The maximum atomic E-state index is 13.1. The summed E-state index contributed by atoms with van der Waals surface area (Å²) in [6.07, 6.45) is 8.48. The lowest BCUT2D eigenvalue weighted by molar-refractivity contribution is -0.137. The zero-order valence-corrected chi connectivity index (χ0v) is 20.5. The number of fused-ring (bicyclic) bond motifs is 5. The number of nitrogens with zero attached hydrogens (tertiary/aromatic N) is 1. The van der Waals surface area contributed by atoms with Gasteiger partial charge in [-0.05, 0) is 105 Å². The van der Waals surface area contributed by atoms with Gasteiger partial charge in [-0.15, -0.1) is 12.4 Å². The number of rotatable bonds is 2. The molecule has 0 radical (unpaired) electrons. The number of carbonyl (C=O) groups is 1. The van der Waals surface area contributed by atoms with Crippen molar-refractivity contribution in [3.63, 3.8) is 0 Å². The van der Waals surface area contributed by atoms with Crippen molar-refractivity contribution in [2.75, 3.05) is 19.0 Å². The van der Waals surface area contributed by atoms with Crippen molar-refractivity contribution in [3.05, 3.63) is 29.8 Å². The van der Waals surface area contributed by atoms with E-state index in [0.717, 1.165) is 38.5 Å². The second kappa shape index (κ2) is 8.06. The van der Waals surface area contributed by atoms with E-state index in [2.05, 4.69) is 50.2 Å². The molecule has 0 heterocycles. The Bertz CT molecular complexity index is 819. The Hall–Kier alpha value is -1.06. The van der Waals surface area contributed by atoms with E-state index < -0.39 is 5.60 Å². The third-order valence-corrected chi connectivity index (χ3v) is 9.78. The van der Waals surface area contributed by atoms with Gasteiger partial charge in [0.05, 0.1) is 5.60 Å². The van der Waals surface area contributed by atoms with E-state index >= 15 is 0 Å². The minimum atomic E-state index is -0.483. The third-order valence-electron chi connectivity index (χ3n) is 9.78. The van der Waals surface area contributed by atoms with Crippen LogP contribution in [-0.2, 0) is 4.79 Å². The first kappa shape index (κ1) is 23.1. The second-order valence-electron chi connectivity index (χ2n) is 11.8. The SMILES string of the molecule is CN(C)c1ccc([C@H]2C[C@]3(C)C(=O)CC[C@H]3[C@@H]3CC[C@H]4C[C@](C)(O)CC[C@@H]4[C@H]32)cc1.Cl. The van der Waals surface area contributed by atoms with Gasteiger partial charge < -0.3 is 10.0 Å². The Morgan fingerprint density at radius 3 is 2.35 bits per heavy atom. The van der Waals surface area contributed by atoms with Crippen molar-refractivity contribution in [2.45, 2.75) is 76.7 Å². The lowest BCUT2D eigenvalue weighted by Crippen LogP contribution is -2.53. The van der Waals surface area contributed by atoms with E-state index in [1.165, 1.54) is 24.1 Å². The largest absolute Gasteiger partial charge is 0.390 e. The lowest BCUT2D eigenvalue weighted by atomic mass is 9.46. The van der Waals surface area contributed by atoms with Crippen LogP contribution in [0, 0.1) is 35.0 Å². The highest BCUT2D eigenvalue weighted by Gasteiger charge is 2.60. The maximum Gasteiger partial charge on any atom is 0.139 e. The predicted molar refractivity (Wildman–Crippen MR) is 129 cm³/mol. The third kappa shape index (κ3) is 3.74. The van der Waals surface area contributed by atoms with Crippen molar-refractivity contribution in [1.82, 2.24) is 0 Å². The van der Waals surface area contributed by atoms with Crippen molar-refractivity contribution in [3.8, 4) is 0 Å². The smallest absolute Gasteiger partial charge is 0.139 e. The fourth-order valence-corrected chi connectivity index (χ4v) is 8.34. The summed E-state index contributed by atoms with van der Waals surface area (Å²) in [5, 5.41) is 10.8. The van der Waals surface area contributed by atoms with Crippen LogP contribution in [0.5, 0.6) is 0 Å². The van der Waals surface area contributed by atoms with E-state index in [9.17, 15) is 9.90 Å². The van der Waals surface area contributed by atoms with Gasteiger partial charge in [0.2, 0.25) is 0 Å². The Labute approximate surface area is 194 Å². The zero-order valence-electron chi connectivity index (χ0n) is 19.6. The summed E-state index contributed by atoms with van der Waals surface area (Å²) in [5.41, 5.74) is 2.07. The highest BCUT2D eigenvalue weighted by molar-refractivity contribution is 5.87. The molecule has 4 fully saturated rings. The molecule has 8 atom stereocenters. The molecule has 0 amide bonds. The van der Waals surface area contributed by atoms with Gasteiger partial charge in [0.15, 0.2) is 0 Å². The molecule has 1 N–H and O–H groups in total. The molecule has 0 unspecified atom stereocenters. The summed E-state index contributed by atoms with van der Waals surface area (Å²) in [5.74, 6) is 4.30. The van der Waals surface area contributed by atoms with Crippen molar-refractivity contribution in [2.24, 2.45) is 35.0 Å². The van der Waals surface area contributed by atoms with Gasteiger partial charge in [0, 0.05) is 31.6 Å². The van der Waals surface area contributed by atoms with E-state index in [1.807, 2.05) is 6.92 Å². The Morgan fingerprint density at radius 1 is 0.968 bits per heavy atom. The number of halogens is 1. The van der Waals surface area contributed by atoms with Gasteiger partial charge in [-0.25, -0.2) is 0 Å². The van der Waals surface area contributed by atoms with Crippen LogP contribution in [0.15, 0.2) is 24.3 Å². The fraction of sp³-hybridized carbons (Fsp3) is 0.741. The van der Waals surface area contributed by atoms with Crippen molar-refractivity contribution in [1.29, 1.82) is 0 Å². The fourth-order valence-electron chi connectivity index (χ4n) is 8.34. The molecule has 1 aromatic carbocycles. The molecule has 0 spiro atoms. The first-order chi connectivity index (χ1) is 14.2. The normalized spacial score (nSPS) is 44.0. The molecule has 4 heteroatoms. The summed E-state index contributed by atoms with van der Waals surface area (Å²) >= 11 is 0. The number of aliphatic hydroxyl groups is 1. The summed E-state index contributed by atoms with van der Waals surface area (Å²) < 4.78 is 0. The lowest BCUT2D eigenvalue weighted by Gasteiger charge is -2.58. The Balaban J connectivity index is 0.00000231. The van der Waals surface area contributed by atoms with Gasteiger partial charge in [-0.2, -0.15) is 0 Å². The minimum Gasteiger partial charge on any atom is -0.390 e. The molecule has 3 nitrogen and oxygen atoms in total. The summed E-state index contributed by atoms with van der Waals surface area (Å²) in [6, 6.07) is 9.17. The maximum absolute atomic E-state index is 13.1. The van der Waals surface area contributed by atoms with E-state index in [-0.39, 0.29) is 17.8 Å². The second-order valence-corrected chi connectivity index (χ2v) is 11.8. The quantitative estimate of drug-likeness (QED) is 0.621. The number of benzene rings is 1. The highest BCUT2D eigenvalue weighted by atomic mass is 35.5. The molecule has 31 heavy (non-hydrogen) atoms. The molecule has 1 aromatic rings. The number of hydrogen-bond donors (Lipinski definition) is 1. The molecule has 0 saturated heterocycles. The zero-order chi connectivity index (χ0) is 21.3. The van der Waals surface area contributed by atoms with E-state index in [1.54, 1.807) is 0 Å². The van der Waals surface area contributed by atoms with Crippen LogP contribution in [0.25, 0.3) is 0 Å². The predicted octanol–water partition coefficient (Wildman–Crippen LogP) is 5.84. The monoisotopic (exact) mass is 445 g/mol. The van der Waals surface area contributed by atoms with Crippen LogP contribution in [0.2, 0.25) is 0 Å². The standard InChI is InChI=1S/C27H39NO2.ClH/c1-26(30)14-13-20-18(15-26)7-10-21-23-11-12-24(29)27(23,2)16-22(25(20)21)17-5-8-19(9-6-17)28(3)4;/h5-6,8-9,18,20-23,25,30H,7,10-16H2,1-4H3;1H/t18-,20-,21-,22+,23-,25+,26+,27-;/m0./s1. The number of ketones is 1. The minimum absolute atomic E-state index is 0. The van der Waals surface area contributed by atoms with Gasteiger partial charge >= 0.3 is 0 Å². The van der Waals surface area contributed by atoms with Crippen LogP contribution in [0.4, 0.5) is 5.69 Å². The Kier molecular flexibility index (Phi) is 6.01. The number of Topliss-reactive ketones (excluding diaryl/α,β-unsaturated/α-hetero) is 1. The molecule has 5 rings (SSSR count). The number of carbonyl (C=O) groups excluding carboxylic acids is 1. The van der Waals surface area contributed by atoms with Crippen LogP contribution in [0.3, 0.4) is 0 Å². The summed E-state index contributed by atoms with van der Waals surface area (Å²) in [7, 11) is 4.18. The highest BCUT2D eigenvalue weighted by Crippen LogP contribution is 2.65. The van der Waals surface area contributed by atoms with Gasteiger partial charge in [-0.1, -0.05) is 19.1 Å². The molecule has 0 aromatic heterocycles. The van der Waals surface area contributed by atoms with Gasteiger partial charge in [0.25, 0.3) is 0 Å². The van der Waals surface area contributed by atoms with Crippen LogP contribution < -0.4 is 4.90 Å².